The topological polar surface area (TPSA) is 42.2 Å². The molecule has 4 heteroatoms. The maximum Gasteiger partial charge on any atom is 0.175 e. The summed E-state index contributed by atoms with van der Waals surface area (Å²) in [5.74, 6) is 1.41. The van der Waals surface area contributed by atoms with E-state index in [0.29, 0.717) is 31.1 Å². The average molecular weight is 254 g/mol. The van der Waals surface area contributed by atoms with Crippen molar-refractivity contribution < 1.29 is 9.47 Å². The molecule has 0 amide bonds. The van der Waals surface area contributed by atoms with Crippen LogP contribution in [0.25, 0.3) is 0 Å². The first-order valence-corrected chi connectivity index (χ1v) is 5.06. The first kappa shape index (κ1) is 9.35. The van der Waals surface area contributed by atoms with Crippen molar-refractivity contribution in [2.24, 2.45) is 0 Å². The molecule has 1 aliphatic rings. The Morgan fingerprint density at radius 1 is 1.29 bits per heavy atom. The zero-order valence-corrected chi connectivity index (χ0v) is 9.00. The number of hydrogen-bond donors (Lipinski definition) is 0. The van der Waals surface area contributed by atoms with Crippen molar-refractivity contribution in [2.75, 3.05) is 13.2 Å². The summed E-state index contributed by atoms with van der Waals surface area (Å²) in [4.78, 5) is 0. The fraction of sp³-hybridized carbons (Fsp3) is 0.300. The number of ether oxygens (including phenoxy) is 2. The van der Waals surface area contributed by atoms with Gasteiger partial charge in [-0.15, -0.1) is 0 Å². The molecule has 0 spiro atoms. The van der Waals surface area contributed by atoms with Gasteiger partial charge < -0.3 is 9.47 Å². The summed E-state index contributed by atoms with van der Waals surface area (Å²) < 4.78 is 11.8. The molecule has 72 valence electrons. The van der Waals surface area contributed by atoms with Crippen LogP contribution in [0.1, 0.15) is 5.56 Å². The molecule has 0 saturated heterocycles. The molecule has 0 unspecified atom stereocenters. The third kappa shape index (κ3) is 1.55. The van der Waals surface area contributed by atoms with Crippen molar-refractivity contribution in [3.8, 4) is 17.6 Å². The molecule has 1 aromatic carbocycles. The van der Waals surface area contributed by atoms with Crippen molar-refractivity contribution in [3.63, 3.8) is 0 Å². The highest BCUT2D eigenvalue weighted by Gasteiger charge is 2.18. The minimum Gasteiger partial charge on any atom is -0.486 e. The van der Waals surface area contributed by atoms with Gasteiger partial charge in [-0.3, -0.25) is 0 Å². The van der Waals surface area contributed by atoms with Crippen LogP contribution in [-0.2, 0) is 6.42 Å². The van der Waals surface area contributed by atoms with Gasteiger partial charge in [0.2, 0.25) is 0 Å². The van der Waals surface area contributed by atoms with Gasteiger partial charge in [-0.05, 0) is 22.0 Å². The van der Waals surface area contributed by atoms with Crippen LogP contribution in [0, 0.1) is 11.3 Å². The molecular formula is C10H8BrNO2. The Balaban J connectivity index is 2.49. The summed E-state index contributed by atoms with van der Waals surface area (Å²) in [5, 5.41) is 8.63. The van der Waals surface area contributed by atoms with E-state index in [4.69, 9.17) is 14.7 Å². The van der Waals surface area contributed by atoms with Crippen molar-refractivity contribution in [1.29, 1.82) is 5.26 Å². The van der Waals surface area contributed by atoms with Crippen molar-refractivity contribution >= 4 is 15.9 Å². The summed E-state index contributed by atoms with van der Waals surface area (Å²) in [7, 11) is 0. The van der Waals surface area contributed by atoms with Crippen LogP contribution < -0.4 is 9.47 Å². The molecule has 3 nitrogen and oxygen atoms in total. The molecule has 0 radical (unpaired) electrons. The van der Waals surface area contributed by atoms with Crippen LogP contribution in [0.15, 0.2) is 16.6 Å². The molecule has 14 heavy (non-hydrogen) atoms. The normalized spacial score (nSPS) is 13.4. The lowest BCUT2D eigenvalue weighted by Crippen LogP contribution is -2.16. The minimum atomic E-state index is 0.346. The molecule has 0 bridgehead atoms. The number of benzene rings is 1. The molecule has 0 N–H and O–H groups in total. The van der Waals surface area contributed by atoms with Crippen LogP contribution in [0.5, 0.6) is 11.5 Å². The quantitative estimate of drug-likeness (QED) is 0.772. The van der Waals surface area contributed by atoms with Gasteiger partial charge in [-0.1, -0.05) is 6.07 Å². The van der Waals surface area contributed by atoms with Gasteiger partial charge in [0.1, 0.15) is 13.2 Å². The Kier molecular flexibility index (Phi) is 2.60. The van der Waals surface area contributed by atoms with E-state index < -0.39 is 0 Å². The number of nitriles is 1. The van der Waals surface area contributed by atoms with Gasteiger partial charge in [0.05, 0.1) is 17.0 Å². The third-order valence-corrected chi connectivity index (χ3v) is 2.62. The lowest BCUT2D eigenvalue weighted by atomic mass is 10.1. The second-order valence-electron chi connectivity index (χ2n) is 2.90. The molecule has 1 aromatic rings. The summed E-state index contributed by atoms with van der Waals surface area (Å²) in [6.07, 6.45) is 0.346. The summed E-state index contributed by atoms with van der Waals surface area (Å²) in [6, 6.07) is 5.85. The van der Waals surface area contributed by atoms with Gasteiger partial charge in [-0.2, -0.15) is 5.26 Å². The molecule has 1 aliphatic heterocycles. The number of rotatable bonds is 1. The van der Waals surface area contributed by atoms with Gasteiger partial charge in [0.15, 0.2) is 11.5 Å². The van der Waals surface area contributed by atoms with Gasteiger partial charge in [0.25, 0.3) is 0 Å². The fourth-order valence-electron chi connectivity index (χ4n) is 1.38. The first-order chi connectivity index (χ1) is 6.83. The Hall–Kier alpha value is -1.21. The molecule has 2 rings (SSSR count). The summed E-state index contributed by atoms with van der Waals surface area (Å²) in [6.45, 7) is 1.10. The number of nitrogens with zero attached hydrogens (tertiary/aromatic N) is 1. The highest BCUT2D eigenvalue weighted by atomic mass is 79.9. The molecule has 0 saturated carbocycles. The number of hydrogen-bond acceptors (Lipinski definition) is 3. The number of halogens is 1. The minimum absolute atomic E-state index is 0.346. The maximum atomic E-state index is 8.63. The van der Waals surface area contributed by atoms with Crippen molar-refractivity contribution in [2.45, 2.75) is 6.42 Å². The van der Waals surface area contributed by atoms with Crippen LogP contribution in [0.4, 0.5) is 0 Å². The summed E-state index contributed by atoms with van der Waals surface area (Å²) >= 11 is 3.38. The second kappa shape index (κ2) is 3.89. The molecular weight excluding hydrogens is 246 g/mol. The van der Waals surface area contributed by atoms with E-state index in [0.717, 1.165) is 10.0 Å². The molecule has 0 fully saturated rings. The lowest BCUT2D eigenvalue weighted by Gasteiger charge is -2.21. The predicted octanol–water partition coefficient (Wildman–Crippen LogP) is 2.29. The predicted molar refractivity (Wildman–Crippen MR) is 54.4 cm³/mol. The standard InChI is InChI=1S/C10H8BrNO2/c11-8-2-1-7(3-4-12)9-10(8)14-6-5-13-9/h1-2H,3,5-6H2. The molecule has 0 aliphatic carbocycles. The maximum absolute atomic E-state index is 8.63. The zero-order chi connectivity index (χ0) is 9.97. The Bertz CT molecular complexity index is 398. The monoisotopic (exact) mass is 253 g/mol. The van der Waals surface area contributed by atoms with E-state index in [2.05, 4.69) is 22.0 Å². The Morgan fingerprint density at radius 2 is 2.00 bits per heavy atom. The van der Waals surface area contributed by atoms with E-state index in [1.165, 1.54) is 0 Å². The highest BCUT2D eigenvalue weighted by molar-refractivity contribution is 9.10. The van der Waals surface area contributed by atoms with Gasteiger partial charge in [0, 0.05) is 5.56 Å². The van der Waals surface area contributed by atoms with E-state index in [1.807, 2.05) is 12.1 Å². The van der Waals surface area contributed by atoms with Crippen LogP contribution in [0.2, 0.25) is 0 Å². The fourth-order valence-corrected chi connectivity index (χ4v) is 1.81. The van der Waals surface area contributed by atoms with E-state index in [1.54, 1.807) is 0 Å². The molecule has 1 heterocycles. The van der Waals surface area contributed by atoms with Gasteiger partial charge in [-0.25, -0.2) is 0 Å². The van der Waals surface area contributed by atoms with E-state index >= 15 is 0 Å². The Labute approximate surface area is 90.4 Å². The number of fused-ring (bicyclic) bond motifs is 1. The van der Waals surface area contributed by atoms with Gasteiger partial charge >= 0.3 is 0 Å². The lowest BCUT2D eigenvalue weighted by molar-refractivity contribution is 0.169. The molecule has 0 atom stereocenters. The highest BCUT2D eigenvalue weighted by Crippen LogP contribution is 2.40. The van der Waals surface area contributed by atoms with Crippen LogP contribution >= 0.6 is 15.9 Å². The molecule has 0 aromatic heterocycles. The zero-order valence-electron chi connectivity index (χ0n) is 7.42. The van der Waals surface area contributed by atoms with Crippen molar-refractivity contribution in [1.82, 2.24) is 0 Å². The largest absolute Gasteiger partial charge is 0.486 e. The third-order valence-electron chi connectivity index (χ3n) is 1.99. The van der Waals surface area contributed by atoms with E-state index in [-0.39, 0.29) is 0 Å². The first-order valence-electron chi connectivity index (χ1n) is 4.27. The van der Waals surface area contributed by atoms with Crippen molar-refractivity contribution in [3.05, 3.63) is 22.2 Å². The smallest absolute Gasteiger partial charge is 0.175 e. The SMILES string of the molecule is N#CCc1ccc(Br)c2c1OCCO2. The van der Waals surface area contributed by atoms with E-state index in [9.17, 15) is 0 Å². The van der Waals surface area contributed by atoms with Crippen LogP contribution in [0.3, 0.4) is 0 Å². The second-order valence-corrected chi connectivity index (χ2v) is 3.75. The van der Waals surface area contributed by atoms with Crippen LogP contribution in [-0.4, -0.2) is 13.2 Å². The summed E-state index contributed by atoms with van der Waals surface area (Å²) in [5.41, 5.74) is 0.880. The Morgan fingerprint density at radius 3 is 2.71 bits per heavy atom. The average Bonchev–Trinajstić information content (AvgIpc) is 2.23.